The maximum Gasteiger partial charge on any atom is 0.250 e. The summed E-state index contributed by atoms with van der Waals surface area (Å²) >= 11 is 1.60. The molecule has 1 unspecified atom stereocenters. The first-order chi connectivity index (χ1) is 15.6. The van der Waals surface area contributed by atoms with E-state index in [0.29, 0.717) is 12.2 Å². The Kier molecular flexibility index (Phi) is 5.14. The fourth-order valence-corrected chi connectivity index (χ4v) is 4.96. The van der Waals surface area contributed by atoms with Crippen LogP contribution in [0.3, 0.4) is 0 Å². The number of aromatic nitrogens is 1. The molecule has 2 aromatic carbocycles. The van der Waals surface area contributed by atoms with E-state index in [0.717, 1.165) is 33.6 Å². The summed E-state index contributed by atoms with van der Waals surface area (Å²) in [5, 5.41) is 16.7. The Hall–Kier alpha value is -3.66. The molecular weight excluding hydrogens is 418 g/mol. The highest BCUT2D eigenvalue weighted by atomic mass is 32.1. The number of nitriles is 1. The van der Waals surface area contributed by atoms with Crippen molar-refractivity contribution in [2.24, 2.45) is 0 Å². The quantitative estimate of drug-likeness (QED) is 0.465. The SMILES string of the molecule is CC1(c2ccsc2)OCC(=O)Nc2ccc(-c3ccc(C#N)n3Cc3ccccc3)cc21. The molecule has 3 heterocycles. The Morgan fingerprint density at radius 2 is 2.00 bits per heavy atom. The van der Waals surface area contributed by atoms with Gasteiger partial charge in [-0.15, -0.1) is 0 Å². The van der Waals surface area contributed by atoms with Gasteiger partial charge in [0.2, 0.25) is 5.91 Å². The molecule has 0 fully saturated rings. The largest absolute Gasteiger partial charge is 0.356 e. The minimum absolute atomic E-state index is 0.0146. The second-order valence-corrected chi connectivity index (χ2v) is 8.71. The van der Waals surface area contributed by atoms with Gasteiger partial charge in [0.1, 0.15) is 24.0 Å². The van der Waals surface area contributed by atoms with Crippen LogP contribution in [0.4, 0.5) is 5.69 Å². The number of thiophene rings is 1. The van der Waals surface area contributed by atoms with Crippen LogP contribution in [0, 0.1) is 11.3 Å². The Morgan fingerprint density at radius 3 is 2.75 bits per heavy atom. The highest BCUT2D eigenvalue weighted by Crippen LogP contribution is 2.42. The molecule has 5 rings (SSSR count). The summed E-state index contributed by atoms with van der Waals surface area (Å²) in [6.45, 7) is 2.58. The molecule has 1 amide bonds. The summed E-state index contributed by atoms with van der Waals surface area (Å²) in [5.74, 6) is -0.169. The molecule has 0 bridgehead atoms. The number of fused-ring (bicyclic) bond motifs is 1. The molecule has 1 aliphatic rings. The second kappa shape index (κ2) is 8.12. The maximum absolute atomic E-state index is 12.3. The molecule has 0 aliphatic carbocycles. The smallest absolute Gasteiger partial charge is 0.250 e. The van der Waals surface area contributed by atoms with Crippen LogP contribution in [0.15, 0.2) is 77.5 Å². The number of hydrogen-bond acceptors (Lipinski definition) is 4. The van der Waals surface area contributed by atoms with E-state index in [-0.39, 0.29) is 12.5 Å². The number of nitrogens with zero attached hydrogens (tertiary/aromatic N) is 2. The minimum Gasteiger partial charge on any atom is -0.356 e. The average Bonchev–Trinajstić information content (AvgIpc) is 3.47. The average molecular weight is 440 g/mol. The van der Waals surface area contributed by atoms with E-state index < -0.39 is 5.60 Å². The van der Waals surface area contributed by atoms with Crippen molar-refractivity contribution in [2.75, 3.05) is 11.9 Å². The van der Waals surface area contributed by atoms with Crippen LogP contribution < -0.4 is 5.32 Å². The predicted molar refractivity (Wildman–Crippen MR) is 125 cm³/mol. The van der Waals surface area contributed by atoms with Crippen LogP contribution in [0.5, 0.6) is 0 Å². The van der Waals surface area contributed by atoms with Gasteiger partial charge in [0.05, 0.1) is 0 Å². The van der Waals surface area contributed by atoms with Crippen molar-refractivity contribution in [2.45, 2.75) is 19.1 Å². The van der Waals surface area contributed by atoms with Crippen LogP contribution in [0.2, 0.25) is 0 Å². The summed E-state index contributed by atoms with van der Waals surface area (Å²) in [6, 6.07) is 24.2. The summed E-state index contributed by atoms with van der Waals surface area (Å²) in [6.07, 6.45) is 0. The number of nitrogens with one attached hydrogen (secondary N) is 1. The zero-order chi connectivity index (χ0) is 22.1. The third kappa shape index (κ3) is 3.52. The molecule has 1 atom stereocenters. The number of anilines is 1. The molecule has 0 spiro atoms. The molecule has 32 heavy (non-hydrogen) atoms. The Bertz CT molecular complexity index is 1320. The third-order valence-corrected chi connectivity index (χ3v) is 6.63. The molecule has 2 aromatic heterocycles. The van der Waals surface area contributed by atoms with Gasteiger partial charge in [-0.3, -0.25) is 4.79 Å². The highest BCUT2D eigenvalue weighted by molar-refractivity contribution is 7.08. The van der Waals surface area contributed by atoms with Crippen molar-refractivity contribution in [3.05, 3.63) is 99.9 Å². The van der Waals surface area contributed by atoms with E-state index in [4.69, 9.17) is 4.74 Å². The molecule has 0 saturated carbocycles. The number of carbonyl (C=O) groups is 1. The molecule has 4 aromatic rings. The van der Waals surface area contributed by atoms with E-state index >= 15 is 0 Å². The van der Waals surface area contributed by atoms with E-state index in [1.807, 2.05) is 65.4 Å². The Balaban J connectivity index is 1.65. The van der Waals surface area contributed by atoms with E-state index in [9.17, 15) is 10.1 Å². The van der Waals surface area contributed by atoms with Gasteiger partial charge in [-0.2, -0.15) is 16.6 Å². The molecule has 5 nitrogen and oxygen atoms in total. The summed E-state index contributed by atoms with van der Waals surface area (Å²) in [7, 11) is 0. The van der Waals surface area contributed by atoms with Crippen LogP contribution in [-0.4, -0.2) is 17.1 Å². The van der Waals surface area contributed by atoms with Crippen molar-refractivity contribution in [3.8, 4) is 17.3 Å². The van der Waals surface area contributed by atoms with E-state index in [1.165, 1.54) is 0 Å². The summed E-state index contributed by atoms with van der Waals surface area (Å²) < 4.78 is 8.18. The standard InChI is InChI=1S/C26H21N3O2S/c1-26(20-11-12-32-17-20)22-13-19(7-9-23(22)28-25(30)16-31-26)24-10-8-21(14-27)29(24)15-18-5-3-2-4-6-18/h2-13,17H,15-16H2,1H3,(H,28,30). The number of benzene rings is 2. The molecular formula is C26H21N3O2S. The first kappa shape index (κ1) is 20.3. The molecule has 0 radical (unpaired) electrons. The number of amides is 1. The second-order valence-electron chi connectivity index (χ2n) is 7.93. The fraction of sp³-hybridized carbons (Fsp3) is 0.154. The van der Waals surface area contributed by atoms with E-state index in [1.54, 1.807) is 11.3 Å². The minimum atomic E-state index is -0.764. The zero-order valence-corrected chi connectivity index (χ0v) is 18.4. The molecule has 1 N–H and O–H groups in total. The monoisotopic (exact) mass is 439 g/mol. The van der Waals surface area contributed by atoms with Crippen molar-refractivity contribution >= 4 is 22.9 Å². The van der Waals surface area contributed by atoms with E-state index in [2.05, 4.69) is 35.0 Å². The van der Waals surface area contributed by atoms with Crippen LogP contribution >= 0.6 is 11.3 Å². The Morgan fingerprint density at radius 1 is 1.16 bits per heavy atom. The molecule has 0 saturated heterocycles. The van der Waals surface area contributed by atoms with Crippen molar-refractivity contribution in [1.29, 1.82) is 5.26 Å². The van der Waals surface area contributed by atoms with Gasteiger partial charge >= 0.3 is 0 Å². The third-order valence-electron chi connectivity index (χ3n) is 5.95. The van der Waals surface area contributed by atoms with Gasteiger partial charge in [-0.25, -0.2) is 0 Å². The molecule has 1 aliphatic heterocycles. The van der Waals surface area contributed by atoms with Crippen molar-refractivity contribution in [3.63, 3.8) is 0 Å². The maximum atomic E-state index is 12.3. The van der Waals surface area contributed by atoms with Gasteiger partial charge in [-0.1, -0.05) is 36.4 Å². The lowest BCUT2D eigenvalue weighted by Crippen LogP contribution is -2.27. The van der Waals surface area contributed by atoms with Gasteiger partial charge in [0.25, 0.3) is 0 Å². The number of carbonyl (C=O) groups excluding carboxylic acids is 1. The Labute approximate surface area is 190 Å². The zero-order valence-electron chi connectivity index (χ0n) is 17.5. The number of ether oxygens (including phenoxy) is 1. The van der Waals surface area contributed by atoms with Gasteiger partial charge in [-0.05, 0) is 64.7 Å². The van der Waals surface area contributed by atoms with Gasteiger partial charge < -0.3 is 14.6 Å². The number of hydrogen-bond donors (Lipinski definition) is 1. The van der Waals surface area contributed by atoms with Crippen molar-refractivity contribution < 1.29 is 9.53 Å². The lowest BCUT2D eigenvalue weighted by molar-refractivity contribution is -0.124. The first-order valence-electron chi connectivity index (χ1n) is 10.3. The number of rotatable bonds is 4. The van der Waals surface area contributed by atoms with Crippen LogP contribution in [0.25, 0.3) is 11.3 Å². The fourth-order valence-electron chi connectivity index (χ4n) is 4.21. The first-order valence-corrected chi connectivity index (χ1v) is 11.3. The van der Waals surface area contributed by atoms with Gasteiger partial charge in [0.15, 0.2) is 0 Å². The predicted octanol–water partition coefficient (Wildman–Crippen LogP) is 5.37. The van der Waals surface area contributed by atoms with Gasteiger partial charge in [0, 0.05) is 23.5 Å². The lowest BCUT2D eigenvalue weighted by atomic mass is 9.87. The van der Waals surface area contributed by atoms with Crippen LogP contribution in [0.1, 0.15) is 29.3 Å². The molecule has 158 valence electrons. The highest BCUT2D eigenvalue weighted by Gasteiger charge is 2.36. The molecule has 6 heteroatoms. The lowest BCUT2D eigenvalue weighted by Gasteiger charge is -2.29. The normalized spacial score (nSPS) is 17.8. The van der Waals surface area contributed by atoms with Crippen LogP contribution in [-0.2, 0) is 21.7 Å². The van der Waals surface area contributed by atoms with Crippen molar-refractivity contribution in [1.82, 2.24) is 4.57 Å². The topological polar surface area (TPSA) is 67.0 Å². The summed E-state index contributed by atoms with van der Waals surface area (Å²) in [4.78, 5) is 12.3. The summed E-state index contributed by atoms with van der Waals surface area (Å²) in [5.41, 5.74) is 5.50.